The lowest BCUT2D eigenvalue weighted by molar-refractivity contribution is 0.358. The van der Waals surface area contributed by atoms with Crippen LogP contribution in [0, 0.1) is 10.8 Å². The monoisotopic (exact) mass is 676 g/mol. The second kappa shape index (κ2) is 17.4. The van der Waals surface area contributed by atoms with E-state index in [1.54, 1.807) is 0 Å². The van der Waals surface area contributed by atoms with Crippen LogP contribution in [-0.4, -0.2) is 51.2 Å². The molecule has 0 aromatic heterocycles. The van der Waals surface area contributed by atoms with E-state index in [4.69, 9.17) is 0 Å². The number of guanidine groups is 2. The van der Waals surface area contributed by atoms with Gasteiger partial charge in [0, 0.05) is 50.1 Å². The molecule has 2 heterocycles. The third-order valence-corrected chi connectivity index (χ3v) is 5.99. The molecule has 2 aliphatic rings. The molecule has 0 saturated heterocycles. The largest absolute Gasteiger partial charge is 0.356 e. The Morgan fingerprint density at radius 2 is 0.906 bits per heavy atom. The lowest BCUT2D eigenvalue weighted by Gasteiger charge is -2.29. The highest BCUT2D eigenvalue weighted by Gasteiger charge is 2.22. The number of rotatable bonds is 13. The van der Waals surface area contributed by atoms with E-state index in [2.05, 4.69) is 58.9 Å². The molecule has 0 bridgehead atoms. The van der Waals surface area contributed by atoms with Gasteiger partial charge in [-0.2, -0.15) is 0 Å². The maximum atomic E-state index is 4.59. The fraction of sp³-hybridized carbons (Fsp3) is 0.917. The van der Waals surface area contributed by atoms with Crippen LogP contribution >= 0.6 is 48.0 Å². The summed E-state index contributed by atoms with van der Waals surface area (Å²) in [7, 11) is 0. The first-order chi connectivity index (χ1) is 14.4. The molecule has 6 nitrogen and oxygen atoms in total. The minimum Gasteiger partial charge on any atom is -0.356 e. The molecule has 4 N–H and O–H groups in total. The van der Waals surface area contributed by atoms with Crippen molar-refractivity contribution in [2.24, 2.45) is 20.8 Å². The molecular weight excluding hydrogens is 626 g/mol. The first-order valence-corrected chi connectivity index (χ1v) is 12.4. The number of unbranched alkanes of at least 4 members (excludes halogenated alkanes) is 9. The molecule has 0 fully saturated rings. The van der Waals surface area contributed by atoms with Crippen LogP contribution in [0.15, 0.2) is 9.98 Å². The average molecular weight is 677 g/mol. The zero-order valence-corrected chi connectivity index (χ0v) is 25.7. The zero-order chi connectivity index (χ0) is 21.7. The smallest absolute Gasteiger partial charge is 0.191 e. The van der Waals surface area contributed by atoms with Crippen molar-refractivity contribution >= 4 is 59.9 Å². The van der Waals surface area contributed by atoms with Crippen molar-refractivity contribution in [3.05, 3.63) is 0 Å². The topological polar surface area (TPSA) is 72.8 Å². The molecule has 2 aliphatic heterocycles. The molecule has 8 heteroatoms. The number of hydrogen-bond donors (Lipinski definition) is 4. The van der Waals surface area contributed by atoms with Crippen molar-refractivity contribution in [1.29, 1.82) is 0 Å². The van der Waals surface area contributed by atoms with Gasteiger partial charge in [0.15, 0.2) is 11.9 Å². The molecule has 0 unspecified atom stereocenters. The summed E-state index contributed by atoms with van der Waals surface area (Å²) in [5.41, 5.74) is 0.586. The number of aliphatic imine (C=N–C) groups is 2. The quantitative estimate of drug-likeness (QED) is 0.159. The Morgan fingerprint density at radius 1 is 0.594 bits per heavy atom. The summed E-state index contributed by atoms with van der Waals surface area (Å²) < 4.78 is 0. The van der Waals surface area contributed by atoms with Crippen LogP contribution in [0.25, 0.3) is 0 Å². The van der Waals surface area contributed by atoms with Gasteiger partial charge in [0.1, 0.15) is 0 Å². The second-order valence-corrected chi connectivity index (χ2v) is 10.8. The maximum Gasteiger partial charge on any atom is 0.191 e. The van der Waals surface area contributed by atoms with Crippen LogP contribution in [-0.2, 0) is 0 Å². The van der Waals surface area contributed by atoms with Gasteiger partial charge in [-0.15, -0.1) is 48.0 Å². The van der Waals surface area contributed by atoms with Gasteiger partial charge in [-0.1, -0.05) is 79.1 Å². The molecule has 190 valence electrons. The van der Waals surface area contributed by atoms with Crippen LogP contribution in [0.1, 0.15) is 91.9 Å². The Hall–Kier alpha value is 0. The van der Waals surface area contributed by atoms with Gasteiger partial charge < -0.3 is 21.3 Å². The minimum atomic E-state index is 0. The Labute approximate surface area is 231 Å². The molecule has 0 aliphatic carbocycles. The fourth-order valence-corrected chi connectivity index (χ4v) is 3.77. The molecule has 0 amide bonds. The normalized spacial score (nSPS) is 18.6. The zero-order valence-electron chi connectivity index (χ0n) is 21.0. The lowest BCUT2D eigenvalue weighted by Crippen LogP contribution is -2.47. The van der Waals surface area contributed by atoms with Gasteiger partial charge in [-0.3, -0.25) is 9.98 Å². The summed E-state index contributed by atoms with van der Waals surface area (Å²) in [6, 6.07) is 0. The molecule has 0 saturated carbocycles. The van der Waals surface area contributed by atoms with E-state index in [0.29, 0.717) is 10.8 Å². The summed E-state index contributed by atoms with van der Waals surface area (Å²) in [5.74, 6) is 1.99. The van der Waals surface area contributed by atoms with Gasteiger partial charge >= 0.3 is 0 Å². The molecular formula is C24H50I2N6. The van der Waals surface area contributed by atoms with Crippen LogP contribution < -0.4 is 21.3 Å². The Morgan fingerprint density at radius 3 is 1.19 bits per heavy atom. The van der Waals surface area contributed by atoms with Gasteiger partial charge in [-0.05, 0) is 12.8 Å². The molecule has 0 spiro atoms. The molecule has 0 radical (unpaired) electrons. The Balaban J connectivity index is 0.00000480. The van der Waals surface area contributed by atoms with Crippen LogP contribution in [0.2, 0.25) is 0 Å². The van der Waals surface area contributed by atoms with E-state index >= 15 is 0 Å². The number of halogens is 2. The van der Waals surface area contributed by atoms with Crippen molar-refractivity contribution in [3.63, 3.8) is 0 Å². The fourth-order valence-electron chi connectivity index (χ4n) is 3.77. The number of nitrogens with zero attached hydrogens (tertiary/aromatic N) is 2. The Bertz CT molecular complexity index is 501. The minimum absolute atomic E-state index is 0. The van der Waals surface area contributed by atoms with E-state index in [-0.39, 0.29) is 48.0 Å². The molecule has 2 rings (SSSR count). The van der Waals surface area contributed by atoms with Gasteiger partial charge in [-0.25, -0.2) is 0 Å². The summed E-state index contributed by atoms with van der Waals surface area (Å²) >= 11 is 0. The summed E-state index contributed by atoms with van der Waals surface area (Å²) in [6.07, 6.45) is 13.4. The van der Waals surface area contributed by atoms with Crippen molar-refractivity contribution in [2.45, 2.75) is 91.9 Å². The predicted octanol–water partition coefficient (Wildman–Crippen LogP) is 5.27. The predicted molar refractivity (Wildman–Crippen MR) is 161 cm³/mol. The standard InChI is InChI=1S/C24H48N6.2HI/c1-23(2)17-27-21(28-18-23)25-15-13-11-9-7-5-6-8-10-12-14-16-26-22-29-19-24(3,4)20-30-22;;/h5-20H2,1-4H3,(H2,25,27,28)(H2,26,29,30);2*1H. The Kier molecular flexibility index (Phi) is 17.4. The summed E-state index contributed by atoms with van der Waals surface area (Å²) in [4.78, 5) is 9.17. The van der Waals surface area contributed by atoms with Gasteiger partial charge in [0.25, 0.3) is 0 Å². The van der Waals surface area contributed by atoms with Crippen molar-refractivity contribution in [3.8, 4) is 0 Å². The lowest BCUT2D eigenvalue weighted by atomic mass is 9.93. The molecule has 0 aromatic rings. The summed E-state index contributed by atoms with van der Waals surface area (Å²) in [6.45, 7) is 15.0. The van der Waals surface area contributed by atoms with Crippen molar-refractivity contribution in [2.75, 3.05) is 39.3 Å². The van der Waals surface area contributed by atoms with Gasteiger partial charge in [0.2, 0.25) is 0 Å². The third-order valence-electron chi connectivity index (χ3n) is 5.99. The van der Waals surface area contributed by atoms with E-state index in [9.17, 15) is 0 Å². The van der Waals surface area contributed by atoms with Crippen LogP contribution in [0.3, 0.4) is 0 Å². The highest BCUT2D eigenvalue weighted by atomic mass is 127. The van der Waals surface area contributed by atoms with E-state index in [0.717, 1.165) is 51.2 Å². The van der Waals surface area contributed by atoms with Gasteiger partial charge in [0.05, 0.1) is 0 Å². The highest BCUT2D eigenvalue weighted by molar-refractivity contribution is 14.0. The van der Waals surface area contributed by atoms with Crippen molar-refractivity contribution in [1.82, 2.24) is 21.3 Å². The highest BCUT2D eigenvalue weighted by Crippen LogP contribution is 2.17. The first kappa shape index (κ1) is 32.0. The number of nitrogens with one attached hydrogen (secondary N) is 4. The molecule has 0 atom stereocenters. The first-order valence-electron chi connectivity index (χ1n) is 12.4. The maximum absolute atomic E-state index is 4.59. The average Bonchev–Trinajstić information content (AvgIpc) is 2.70. The summed E-state index contributed by atoms with van der Waals surface area (Å²) in [5, 5.41) is 13.7. The van der Waals surface area contributed by atoms with Crippen LogP contribution in [0.4, 0.5) is 0 Å². The third kappa shape index (κ3) is 15.0. The SMILES string of the molecule is CC1(C)CN=C(NCCCCCCCCCCCCNC2=NCC(C)(C)CN2)NC1.I.I. The van der Waals surface area contributed by atoms with Crippen molar-refractivity contribution < 1.29 is 0 Å². The van der Waals surface area contributed by atoms with E-state index in [1.807, 2.05) is 0 Å². The molecule has 0 aromatic carbocycles. The number of hydrogen-bond acceptors (Lipinski definition) is 6. The van der Waals surface area contributed by atoms with E-state index in [1.165, 1.54) is 64.2 Å². The molecule has 32 heavy (non-hydrogen) atoms. The second-order valence-electron chi connectivity index (χ2n) is 10.8. The van der Waals surface area contributed by atoms with E-state index < -0.39 is 0 Å². The van der Waals surface area contributed by atoms with Crippen LogP contribution in [0.5, 0.6) is 0 Å².